The highest BCUT2D eigenvalue weighted by Crippen LogP contribution is 2.32. The summed E-state index contributed by atoms with van der Waals surface area (Å²) in [7, 11) is 0. The minimum Gasteiger partial charge on any atom is -0.256 e. The second kappa shape index (κ2) is 19.6. The van der Waals surface area contributed by atoms with Crippen molar-refractivity contribution in [3.8, 4) is 0 Å². The minimum atomic E-state index is 0.762. The summed E-state index contributed by atoms with van der Waals surface area (Å²) in [5, 5.41) is 20.5. The van der Waals surface area contributed by atoms with Crippen LogP contribution in [0.15, 0.2) is 139 Å². The van der Waals surface area contributed by atoms with Crippen molar-refractivity contribution in [2.45, 2.75) is 66.2 Å². The van der Waals surface area contributed by atoms with E-state index in [4.69, 9.17) is 9.97 Å². The Kier molecular flexibility index (Phi) is 12.2. The molecule has 2 aromatic carbocycles. The van der Waals surface area contributed by atoms with Crippen molar-refractivity contribution in [3.63, 3.8) is 0 Å². The van der Waals surface area contributed by atoms with Crippen LogP contribution in [0.5, 0.6) is 0 Å². The lowest BCUT2D eigenvalue weighted by Gasteiger charge is -2.05. The van der Waals surface area contributed by atoms with Gasteiger partial charge in [0.25, 0.3) is 0 Å². The van der Waals surface area contributed by atoms with Crippen LogP contribution in [0.1, 0.15) is 57.3 Å². The number of nitrogens with zero attached hydrogens (tertiary/aromatic N) is 15. The molecule has 0 aliphatic heterocycles. The summed E-state index contributed by atoms with van der Waals surface area (Å²) >= 11 is 3.47. The van der Waals surface area contributed by atoms with Gasteiger partial charge in [0.2, 0.25) is 0 Å². The van der Waals surface area contributed by atoms with E-state index in [-0.39, 0.29) is 0 Å². The Morgan fingerprint density at radius 2 is 1.05 bits per heavy atom. The van der Waals surface area contributed by atoms with Gasteiger partial charge in [0.15, 0.2) is 34.4 Å². The fourth-order valence-corrected chi connectivity index (χ4v) is 10.7. The average molecular weight is 994 g/mol. The van der Waals surface area contributed by atoms with E-state index >= 15 is 0 Å². The van der Waals surface area contributed by atoms with Crippen LogP contribution in [0.25, 0.3) is 69.3 Å². The first-order chi connectivity index (χ1) is 35.8. The van der Waals surface area contributed by atoms with Crippen molar-refractivity contribution in [1.82, 2.24) is 73.7 Å². The zero-order valence-corrected chi connectivity index (χ0v) is 42.2. The molecule has 0 unspecified atom stereocenters. The monoisotopic (exact) mass is 993 g/mol. The average Bonchev–Trinajstić information content (AvgIpc) is 4.29. The summed E-state index contributed by atoms with van der Waals surface area (Å²) in [6.45, 7) is 7.91. The van der Waals surface area contributed by atoms with Crippen LogP contribution >= 0.6 is 22.7 Å². The van der Waals surface area contributed by atoms with E-state index in [0.29, 0.717) is 0 Å². The number of thiophene rings is 2. The lowest BCUT2D eigenvalue weighted by atomic mass is 10.1. The summed E-state index contributed by atoms with van der Waals surface area (Å²) in [5.41, 5.74) is 12.6. The van der Waals surface area contributed by atoms with Crippen LogP contribution in [0.3, 0.4) is 0 Å². The van der Waals surface area contributed by atoms with E-state index in [1.54, 1.807) is 27.2 Å². The molecule has 0 saturated heterocycles. The van der Waals surface area contributed by atoms with Crippen LogP contribution in [-0.2, 0) is 38.5 Å². The van der Waals surface area contributed by atoms with Crippen LogP contribution < -0.4 is 0 Å². The van der Waals surface area contributed by atoms with Gasteiger partial charge in [0.1, 0.15) is 4.83 Å². The Labute approximate surface area is 426 Å². The summed E-state index contributed by atoms with van der Waals surface area (Å²) < 4.78 is 8.07. The maximum atomic E-state index is 4.90. The summed E-state index contributed by atoms with van der Waals surface area (Å²) in [4.78, 5) is 42.5. The summed E-state index contributed by atoms with van der Waals surface area (Å²) in [6, 6.07) is 37.3. The van der Waals surface area contributed by atoms with Gasteiger partial charge in [-0.3, -0.25) is 24.9 Å². The second-order valence-corrected chi connectivity index (χ2v) is 19.9. The summed E-state index contributed by atoms with van der Waals surface area (Å²) in [6.07, 6.45) is 12.2. The molecule has 73 heavy (non-hydrogen) atoms. The molecule has 17 heteroatoms. The molecular weight excluding hydrogens is 947 g/mol. The largest absolute Gasteiger partial charge is 0.256 e. The van der Waals surface area contributed by atoms with E-state index in [0.717, 1.165) is 145 Å². The molecule has 0 fully saturated rings. The van der Waals surface area contributed by atoms with Gasteiger partial charge < -0.3 is 0 Å². The van der Waals surface area contributed by atoms with Gasteiger partial charge in [-0.15, -0.1) is 22.7 Å². The molecule has 0 amide bonds. The van der Waals surface area contributed by atoms with Crippen LogP contribution in [0.4, 0.5) is 0 Å². The van der Waals surface area contributed by atoms with Crippen molar-refractivity contribution in [2.75, 3.05) is 0 Å². The molecular formula is C56H47N15S2. The maximum absolute atomic E-state index is 4.90. The molecule has 0 radical (unpaired) electrons. The lowest BCUT2D eigenvalue weighted by Crippen LogP contribution is -1.98. The van der Waals surface area contributed by atoms with E-state index < -0.39 is 0 Å². The van der Waals surface area contributed by atoms with Gasteiger partial charge in [0.05, 0.1) is 44.0 Å². The van der Waals surface area contributed by atoms with Crippen LogP contribution in [0, 0.1) is 27.7 Å². The highest BCUT2D eigenvalue weighted by atomic mass is 32.1. The van der Waals surface area contributed by atoms with Crippen molar-refractivity contribution in [2.24, 2.45) is 0 Å². The van der Waals surface area contributed by atoms with Gasteiger partial charge in [-0.25, -0.2) is 33.5 Å². The smallest absolute Gasteiger partial charge is 0.177 e. The molecule has 358 valence electrons. The van der Waals surface area contributed by atoms with Crippen molar-refractivity contribution >= 4 is 91.9 Å². The normalized spacial score (nSPS) is 11.6. The molecule has 0 aliphatic carbocycles. The first kappa shape index (κ1) is 45.6. The molecule has 12 aromatic heterocycles. The highest BCUT2D eigenvalue weighted by Gasteiger charge is 2.13. The molecule has 0 N–H and O–H groups in total. The third-order valence-electron chi connectivity index (χ3n) is 12.7. The number of rotatable bonds is 9. The highest BCUT2D eigenvalue weighted by molar-refractivity contribution is 7.25. The van der Waals surface area contributed by atoms with Crippen molar-refractivity contribution < 1.29 is 0 Å². The molecule has 0 bridgehead atoms. The molecule has 0 atom stereocenters. The van der Waals surface area contributed by atoms with E-state index in [2.05, 4.69) is 140 Å². The van der Waals surface area contributed by atoms with Crippen LogP contribution in [-0.4, -0.2) is 73.7 Å². The minimum absolute atomic E-state index is 0.762. The van der Waals surface area contributed by atoms with E-state index in [9.17, 15) is 0 Å². The fraction of sp³-hybridized carbons (Fsp3) is 0.179. The number of aromatic nitrogens is 15. The molecule has 14 rings (SSSR count). The van der Waals surface area contributed by atoms with Gasteiger partial charge in [0, 0.05) is 87.4 Å². The Bertz CT molecular complexity index is 4210. The Morgan fingerprint density at radius 3 is 1.75 bits per heavy atom. The number of fused-ring (bicyclic) bond motifs is 10. The Balaban J connectivity index is 0.000000112. The van der Waals surface area contributed by atoms with E-state index in [1.807, 2.05) is 85.8 Å². The number of pyridine rings is 5. The molecule has 14 aromatic rings. The third kappa shape index (κ3) is 9.43. The number of hydrogen-bond acceptors (Lipinski definition) is 14. The molecule has 0 spiro atoms. The van der Waals surface area contributed by atoms with Crippen molar-refractivity contribution in [3.05, 3.63) is 197 Å². The molecule has 15 nitrogen and oxygen atoms in total. The SMILES string of the molecule is Cc1ncc(C)n2nc(CCc3ccc4ccsc4n3)nc12.Cc1ncc(C)n2nc(CCc3ccc4sc5ccccc5c4n3)nc12.c1cnc2c(c1)ccc1ccc(CCc3nc4ccccn4n3)nc12. The predicted molar refractivity (Wildman–Crippen MR) is 290 cm³/mol. The van der Waals surface area contributed by atoms with E-state index in [1.165, 1.54) is 20.2 Å². The zero-order valence-electron chi connectivity index (χ0n) is 40.5. The summed E-state index contributed by atoms with van der Waals surface area (Å²) in [5.74, 6) is 2.51. The van der Waals surface area contributed by atoms with Gasteiger partial charge in [-0.05, 0) is 107 Å². The van der Waals surface area contributed by atoms with Gasteiger partial charge >= 0.3 is 0 Å². The van der Waals surface area contributed by atoms with Crippen LogP contribution in [0.2, 0.25) is 0 Å². The number of benzene rings is 2. The third-order valence-corrected chi connectivity index (χ3v) is 14.7. The maximum Gasteiger partial charge on any atom is 0.177 e. The van der Waals surface area contributed by atoms with Gasteiger partial charge in [-0.2, -0.15) is 15.3 Å². The second-order valence-electron chi connectivity index (χ2n) is 17.9. The quantitative estimate of drug-likeness (QED) is 0.126. The molecule has 0 saturated carbocycles. The van der Waals surface area contributed by atoms with Gasteiger partial charge in [-0.1, -0.05) is 54.6 Å². The first-order valence-electron chi connectivity index (χ1n) is 24.2. The molecule has 12 heterocycles. The standard InChI is InChI=1S/C20H17N5S.C20H15N5.C16H15N5S/c1-12-11-21-13(2)20-23-18(24-25(12)20)10-8-14-7-9-17-19(22-14)15-5-3-4-6-16(15)26-17;1-2-13-25-18(5-1)23-17(24-25)11-10-16-9-8-15-7-6-14-4-3-12-21-19(14)20(15)22-16;1-10-9-17-11(2)15-19-14(20-21(10)15)6-5-13-4-3-12-7-8-22-16(12)18-13/h3-7,9,11H,8,10H2,1-2H3;1-9,12-13H,10-11H2;3-4,7-9H,5-6H2,1-2H3. The number of hydrogen-bond donors (Lipinski definition) is 0. The fourth-order valence-electron chi connectivity index (χ4n) is 8.89. The Hall–Kier alpha value is -8.54. The van der Waals surface area contributed by atoms with Crippen molar-refractivity contribution in [1.29, 1.82) is 0 Å². The topological polar surface area (TPSA) is 168 Å². The lowest BCUT2D eigenvalue weighted by molar-refractivity contribution is 0.808. The first-order valence-corrected chi connectivity index (χ1v) is 25.9. The Morgan fingerprint density at radius 1 is 0.452 bits per heavy atom. The zero-order chi connectivity index (χ0) is 49.4. The molecule has 0 aliphatic rings. The number of aryl methyl sites for hydroxylation is 10. The predicted octanol–water partition coefficient (Wildman–Crippen LogP) is 11.0.